The number of hydrogen-bond donors (Lipinski definition) is 1. The van der Waals surface area contributed by atoms with Gasteiger partial charge in [-0.15, -0.1) is 0 Å². The predicted molar refractivity (Wildman–Crippen MR) is 123 cm³/mol. The number of rotatable bonds is 4. The van der Waals surface area contributed by atoms with Crippen molar-refractivity contribution in [2.24, 2.45) is 5.92 Å². The molecule has 166 valence electrons. The Balaban J connectivity index is 1.38. The molecule has 1 N–H and O–H groups in total. The molecule has 2 unspecified atom stereocenters. The van der Waals surface area contributed by atoms with Crippen molar-refractivity contribution in [1.29, 1.82) is 0 Å². The summed E-state index contributed by atoms with van der Waals surface area (Å²) in [6.45, 7) is 5.10. The molecule has 1 aromatic heterocycles. The lowest BCUT2D eigenvalue weighted by Crippen LogP contribution is -2.37. The van der Waals surface area contributed by atoms with Crippen molar-refractivity contribution in [1.82, 2.24) is 14.9 Å². The van der Waals surface area contributed by atoms with Gasteiger partial charge >= 0.3 is 0 Å². The number of carbonyl (C=O) groups is 2. The molecule has 2 aliphatic heterocycles. The van der Waals surface area contributed by atoms with E-state index < -0.39 is 0 Å². The average molecular weight is 433 g/mol. The molecule has 2 fully saturated rings. The first-order valence-electron chi connectivity index (χ1n) is 11.2. The molecule has 2 saturated heterocycles. The molecular formula is C25H28N4O3. The molecule has 7 nitrogen and oxygen atoms in total. The van der Waals surface area contributed by atoms with Gasteiger partial charge in [-0.25, -0.2) is 4.98 Å². The van der Waals surface area contributed by atoms with E-state index in [4.69, 9.17) is 9.72 Å². The number of likely N-dealkylation sites (tertiary alicyclic amines) is 1. The number of H-pyrrole nitrogens is 1. The fourth-order valence-electron chi connectivity index (χ4n) is 4.97. The molecule has 0 radical (unpaired) electrons. The van der Waals surface area contributed by atoms with Gasteiger partial charge in [0.2, 0.25) is 11.8 Å². The van der Waals surface area contributed by atoms with E-state index in [1.54, 1.807) is 12.0 Å². The summed E-state index contributed by atoms with van der Waals surface area (Å²) < 4.78 is 5.47. The Labute approximate surface area is 187 Å². The minimum atomic E-state index is -0.361. The summed E-state index contributed by atoms with van der Waals surface area (Å²) in [7, 11) is 1.60. The highest BCUT2D eigenvalue weighted by atomic mass is 16.5. The van der Waals surface area contributed by atoms with E-state index in [9.17, 15) is 9.59 Å². The second-order valence-electron chi connectivity index (χ2n) is 8.91. The summed E-state index contributed by atoms with van der Waals surface area (Å²) in [5.41, 5.74) is 4.86. The number of methoxy groups -OCH3 is 1. The highest BCUT2D eigenvalue weighted by molar-refractivity contribution is 6.01. The number of imidazole rings is 1. The van der Waals surface area contributed by atoms with E-state index in [0.717, 1.165) is 41.0 Å². The van der Waals surface area contributed by atoms with Gasteiger partial charge in [-0.2, -0.15) is 0 Å². The van der Waals surface area contributed by atoms with E-state index >= 15 is 0 Å². The van der Waals surface area contributed by atoms with Gasteiger partial charge in [-0.1, -0.05) is 12.1 Å². The molecular weight excluding hydrogens is 404 g/mol. The standard InChI is InChI=1S/C25H28N4O3/c1-15-6-8-18-19(11-15)27-24(26-18)20-5-4-10-28(20)25(31)17-13-23(30)29(14-17)21-12-16(2)7-9-22(21)32-3/h6-9,11-12,17,20H,4-5,10,13-14H2,1-3H3,(H,26,27). The molecule has 2 aliphatic rings. The zero-order valence-corrected chi connectivity index (χ0v) is 18.7. The van der Waals surface area contributed by atoms with Crippen LogP contribution in [0.2, 0.25) is 0 Å². The highest BCUT2D eigenvalue weighted by Gasteiger charge is 2.42. The lowest BCUT2D eigenvalue weighted by atomic mass is 10.1. The number of fused-ring (bicyclic) bond motifs is 1. The first-order chi connectivity index (χ1) is 15.4. The quantitative estimate of drug-likeness (QED) is 0.678. The topological polar surface area (TPSA) is 78.5 Å². The molecule has 5 rings (SSSR count). The van der Waals surface area contributed by atoms with Crippen molar-refractivity contribution in [2.45, 2.75) is 39.2 Å². The van der Waals surface area contributed by atoms with Crippen molar-refractivity contribution in [2.75, 3.05) is 25.1 Å². The van der Waals surface area contributed by atoms with Crippen molar-refractivity contribution in [3.63, 3.8) is 0 Å². The zero-order chi connectivity index (χ0) is 22.4. The lowest BCUT2D eigenvalue weighted by Gasteiger charge is -2.26. The maximum atomic E-state index is 13.5. The van der Waals surface area contributed by atoms with Crippen LogP contribution in [-0.2, 0) is 9.59 Å². The summed E-state index contributed by atoms with van der Waals surface area (Å²) in [5.74, 6) is 1.11. The maximum absolute atomic E-state index is 13.5. The number of anilines is 1. The fourth-order valence-corrected chi connectivity index (χ4v) is 4.97. The third kappa shape index (κ3) is 3.51. The molecule has 0 aliphatic carbocycles. The van der Waals surface area contributed by atoms with Crippen molar-refractivity contribution in [3.8, 4) is 5.75 Å². The molecule has 3 heterocycles. The highest BCUT2D eigenvalue weighted by Crippen LogP contribution is 2.37. The maximum Gasteiger partial charge on any atom is 0.228 e. The van der Waals surface area contributed by atoms with Gasteiger partial charge in [0.25, 0.3) is 0 Å². The SMILES string of the molecule is COc1ccc(C)cc1N1CC(C(=O)N2CCCC2c2nc3ccc(C)cc3[nH]2)CC1=O. The van der Waals surface area contributed by atoms with Crippen molar-refractivity contribution < 1.29 is 14.3 Å². The normalized spacial score (nSPS) is 21.0. The molecule has 32 heavy (non-hydrogen) atoms. The van der Waals surface area contributed by atoms with E-state index in [-0.39, 0.29) is 30.2 Å². The van der Waals surface area contributed by atoms with Gasteiger partial charge in [-0.05, 0) is 62.1 Å². The number of benzene rings is 2. The van der Waals surface area contributed by atoms with Crippen LogP contribution in [-0.4, -0.2) is 46.9 Å². The third-order valence-electron chi connectivity index (χ3n) is 6.61. The second-order valence-corrected chi connectivity index (χ2v) is 8.91. The summed E-state index contributed by atoms with van der Waals surface area (Å²) in [6.07, 6.45) is 2.03. The molecule has 7 heteroatoms. The predicted octanol–water partition coefficient (Wildman–Crippen LogP) is 3.90. The first-order valence-corrected chi connectivity index (χ1v) is 11.2. The first kappa shape index (κ1) is 20.5. The molecule has 2 atom stereocenters. The van der Waals surface area contributed by atoms with E-state index in [0.29, 0.717) is 18.8 Å². The third-order valence-corrected chi connectivity index (χ3v) is 6.61. The molecule has 0 bridgehead atoms. The van der Waals surface area contributed by atoms with Crippen LogP contribution in [0.4, 0.5) is 5.69 Å². The minimum Gasteiger partial charge on any atom is -0.495 e. The second kappa shape index (κ2) is 7.97. The van der Waals surface area contributed by atoms with Gasteiger partial charge in [0, 0.05) is 19.5 Å². The van der Waals surface area contributed by atoms with Crippen LogP contribution >= 0.6 is 0 Å². The van der Waals surface area contributed by atoms with Crippen LogP contribution in [0.25, 0.3) is 11.0 Å². The van der Waals surface area contributed by atoms with E-state index in [2.05, 4.69) is 18.0 Å². The number of ether oxygens (including phenoxy) is 1. The average Bonchev–Trinajstić information content (AvgIpc) is 3.50. The number of aromatic amines is 1. The van der Waals surface area contributed by atoms with Crippen LogP contribution in [0.1, 0.15) is 42.3 Å². The molecule has 2 aromatic carbocycles. The van der Waals surface area contributed by atoms with Crippen LogP contribution in [0, 0.1) is 19.8 Å². The smallest absolute Gasteiger partial charge is 0.228 e. The zero-order valence-electron chi connectivity index (χ0n) is 18.7. The van der Waals surface area contributed by atoms with Gasteiger partial charge < -0.3 is 19.5 Å². The molecule has 0 spiro atoms. The van der Waals surface area contributed by atoms with Crippen LogP contribution in [0.5, 0.6) is 5.75 Å². The Hall–Kier alpha value is -3.35. The largest absolute Gasteiger partial charge is 0.495 e. The Morgan fingerprint density at radius 1 is 1.16 bits per heavy atom. The van der Waals surface area contributed by atoms with Crippen LogP contribution < -0.4 is 9.64 Å². The van der Waals surface area contributed by atoms with Gasteiger partial charge in [-0.3, -0.25) is 9.59 Å². The van der Waals surface area contributed by atoms with E-state index in [1.165, 1.54) is 5.56 Å². The Bertz CT molecular complexity index is 1200. The molecule has 0 saturated carbocycles. The molecule has 2 amide bonds. The lowest BCUT2D eigenvalue weighted by molar-refractivity contribution is -0.136. The summed E-state index contributed by atoms with van der Waals surface area (Å²) in [6, 6.07) is 11.8. The number of aryl methyl sites for hydroxylation is 2. The van der Waals surface area contributed by atoms with Crippen molar-refractivity contribution in [3.05, 3.63) is 53.3 Å². The van der Waals surface area contributed by atoms with Gasteiger partial charge in [0.05, 0.1) is 35.8 Å². The van der Waals surface area contributed by atoms with Crippen LogP contribution in [0.15, 0.2) is 36.4 Å². The number of nitrogens with one attached hydrogen (secondary N) is 1. The van der Waals surface area contributed by atoms with Crippen molar-refractivity contribution >= 4 is 28.5 Å². The number of amides is 2. The Morgan fingerprint density at radius 2 is 1.94 bits per heavy atom. The summed E-state index contributed by atoms with van der Waals surface area (Å²) in [4.78, 5) is 38.2. The Morgan fingerprint density at radius 3 is 2.75 bits per heavy atom. The number of hydrogen-bond acceptors (Lipinski definition) is 4. The fraction of sp³-hybridized carbons (Fsp3) is 0.400. The van der Waals surface area contributed by atoms with E-state index in [1.807, 2.05) is 42.2 Å². The number of carbonyl (C=O) groups excluding carboxylic acids is 2. The van der Waals surface area contributed by atoms with Gasteiger partial charge in [0.15, 0.2) is 0 Å². The van der Waals surface area contributed by atoms with Gasteiger partial charge in [0.1, 0.15) is 11.6 Å². The Kier molecular flexibility index (Phi) is 5.12. The minimum absolute atomic E-state index is 0.0339. The van der Waals surface area contributed by atoms with Crippen LogP contribution in [0.3, 0.4) is 0 Å². The summed E-state index contributed by atoms with van der Waals surface area (Å²) >= 11 is 0. The number of aromatic nitrogens is 2. The monoisotopic (exact) mass is 432 g/mol. The number of nitrogens with zero attached hydrogens (tertiary/aromatic N) is 3. The molecule has 3 aromatic rings. The summed E-state index contributed by atoms with van der Waals surface area (Å²) in [5, 5.41) is 0.